The molecule has 0 spiro atoms. The highest BCUT2D eigenvalue weighted by Crippen LogP contribution is 2.18. The van der Waals surface area contributed by atoms with Gasteiger partial charge in [0.1, 0.15) is 0 Å². The Bertz CT molecular complexity index is 451. The summed E-state index contributed by atoms with van der Waals surface area (Å²) in [5, 5.41) is 3.14. The van der Waals surface area contributed by atoms with E-state index in [1.165, 1.54) is 13.2 Å². The first kappa shape index (κ1) is 16.4. The van der Waals surface area contributed by atoms with Gasteiger partial charge in [-0.15, -0.1) is 0 Å². The van der Waals surface area contributed by atoms with Gasteiger partial charge in [0.25, 0.3) is 0 Å². The van der Waals surface area contributed by atoms with Gasteiger partial charge in [-0.05, 0) is 31.0 Å². The molecule has 0 bridgehead atoms. The molecule has 1 aromatic carbocycles. The number of likely N-dealkylation sites (N-methyl/N-ethyl adjacent to an activating group) is 1. The van der Waals surface area contributed by atoms with E-state index in [1.54, 1.807) is 24.1 Å². The lowest BCUT2D eigenvalue weighted by molar-refractivity contribution is -0.129. The maximum absolute atomic E-state index is 13.6. The molecule has 0 aliphatic heterocycles. The largest absolute Gasteiger partial charge is 0.494 e. The number of carbonyl (C=O) groups is 1. The van der Waals surface area contributed by atoms with Crippen LogP contribution in [0.25, 0.3) is 0 Å². The van der Waals surface area contributed by atoms with Crippen molar-refractivity contribution >= 4 is 5.91 Å². The molecule has 0 aliphatic rings. The number of ether oxygens (including phenoxy) is 1. The standard InChI is InChI=1S/C15H23FN2O2/c1-5-11(2)17-9-15(19)18(3)10-12-6-7-14(20-4)13(16)8-12/h6-8,11,17H,5,9-10H2,1-4H3. The van der Waals surface area contributed by atoms with Gasteiger partial charge in [-0.3, -0.25) is 4.79 Å². The van der Waals surface area contributed by atoms with Crippen LogP contribution in [-0.2, 0) is 11.3 Å². The molecule has 1 rings (SSSR count). The molecule has 1 N–H and O–H groups in total. The van der Waals surface area contributed by atoms with Gasteiger partial charge < -0.3 is 15.0 Å². The highest BCUT2D eigenvalue weighted by atomic mass is 19.1. The number of hydrogen-bond acceptors (Lipinski definition) is 3. The normalized spacial score (nSPS) is 12.1. The van der Waals surface area contributed by atoms with Crippen molar-refractivity contribution in [2.45, 2.75) is 32.9 Å². The van der Waals surface area contributed by atoms with Crippen LogP contribution in [0.4, 0.5) is 4.39 Å². The summed E-state index contributed by atoms with van der Waals surface area (Å²) in [5.41, 5.74) is 0.739. The van der Waals surface area contributed by atoms with Crippen molar-refractivity contribution in [2.75, 3.05) is 20.7 Å². The van der Waals surface area contributed by atoms with Crippen molar-refractivity contribution in [3.63, 3.8) is 0 Å². The third-order valence-corrected chi connectivity index (χ3v) is 3.28. The molecular weight excluding hydrogens is 259 g/mol. The summed E-state index contributed by atoms with van der Waals surface area (Å²) < 4.78 is 18.4. The Morgan fingerprint density at radius 1 is 1.50 bits per heavy atom. The van der Waals surface area contributed by atoms with E-state index in [4.69, 9.17) is 4.74 Å². The first-order valence-electron chi connectivity index (χ1n) is 6.77. The van der Waals surface area contributed by atoms with Gasteiger partial charge in [0.15, 0.2) is 11.6 Å². The van der Waals surface area contributed by atoms with Gasteiger partial charge in [0.2, 0.25) is 5.91 Å². The van der Waals surface area contributed by atoms with Crippen molar-refractivity contribution in [3.05, 3.63) is 29.6 Å². The molecule has 1 atom stereocenters. The van der Waals surface area contributed by atoms with E-state index in [0.29, 0.717) is 19.1 Å². The topological polar surface area (TPSA) is 41.6 Å². The fourth-order valence-electron chi connectivity index (χ4n) is 1.71. The predicted molar refractivity (Wildman–Crippen MR) is 77.2 cm³/mol. The summed E-state index contributed by atoms with van der Waals surface area (Å²) in [6, 6.07) is 5.03. The monoisotopic (exact) mass is 282 g/mol. The van der Waals surface area contributed by atoms with E-state index in [9.17, 15) is 9.18 Å². The highest BCUT2D eigenvalue weighted by molar-refractivity contribution is 5.78. The van der Waals surface area contributed by atoms with E-state index in [-0.39, 0.29) is 11.7 Å². The van der Waals surface area contributed by atoms with Crippen LogP contribution in [-0.4, -0.2) is 37.6 Å². The summed E-state index contributed by atoms with van der Waals surface area (Å²) in [7, 11) is 3.14. The molecule has 0 radical (unpaired) electrons. The molecule has 0 saturated carbocycles. The lowest BCUT2D eigenvalue weighted by Gasteiger charge is -2.19. The van der Waals surface area contributed by atoms with Crippen molar-refractivity contribution < 1.29 is 13.9 Å². The SMILES string of the molecule is CCC(C)NCC(=O)N(C)Cc1ccc(OC)c(F)c1. The molecule has 0 aliphatic carbocycles. The maximum Gasteiger partial charge on any atom is 0.236 e. The maximum atomic E-state index is 13.6. The number of benzene rings is 1. The van der Waals surface area contributed by atoms with Crippen molar-refractivity contribution in [3.8, 4) is 5.75 Å². The first-order chi connectivity index (χ1) is 9.47. The molecule has 1 aromatic rings. The van der Waals surface area contributed by atoms with Crippen molar-refractivity contribution in [1.29, 1.82) is 0 Å². The zero-order valence-electron chi connectivity index (χ0n) is 12.6. The molecule has 5 heteroatoms. The summed E-state index contributed by atoms with van der Waals surface area (Å²) >= 11 is 0. The van der Waals surface area contributed by atoms with Gasteiger partial charge in [-0.2, -0.15) is 0 Å². The van der Waals surface area contributed by atoms with Gasteiger partial charge >= 0.3 is 0 Å². The van der Waals surface area contributed by atoms with Crippen LogP contribution in [0.2, 0.25) is 0 Å². The molecule has 0 saturated heterocycles. The lowest BCUT2D eigenvalue weighted by atomic mass is 10.2. The number of hydrogen-bond donors (Lipinski definition) is 1. The molecular formula is C15H23FN2O2. The first-order valence-corrected chi connectivity index (χ1v) is 6.77. The van der Waals surface area contributed by atoms with E-state index < -0.39 is 5.82 Å². The third-order valence-electron chi connectivity index (χ3n) is 3.28. The number of nitrogens with one attached hydrogen (secondary N) is 1. The lowest BCUT2D eigenvalue weighted by Crippen LogP contribution is -2.38. The molecule has 0 heterocycles. The van der Waals surface area contributed by atoms with E-state index in [1.807, 2.05) is 6.92 Å². The average Bonchev–Trinajstić information content (AvgIpc) is 2.44. The van der Waals surface area contributed by atoms with Gasteiger partial charge in [0.05, 0.1) is 13.7 Å². The molecule has 1 amide bonds. The van der Waals surface area contributed by atoms with Gasteiger partial charge in [-0.25, -0.2) is 4.39 Å². The van der Waals surface area contributed by atoms with Crippen LogP contribution < -0.4 is 10.1 Å². The van der Waals surface area contributed by atoms with Gasteiger partial charge in [0, 0.05) is 19.6 Å². The zero-order chi connectivity index (χ0) is 15.1. The Morgan fingerprint density at radius 2 is 2.20 bits per heavy atom. The molecule has 0 fully saturated rings. The fraction of sp³-hybridized carbons (Fsp3) is 0.533. The number of nitrogens with zero attached hydrogens (tertiary/aromatic N) is 1. The smallest absolute Gasteiger partial charge is 0.236 e. The quantitative estimate of drug-likeness (QED) is 0.833. The summed E-state index contributed by atoms with van der Waals surface area (Å²) in [6.07, 6.45) is 0.973. The predicted octanol–water partition coefficient (Wildman–Crippen LogP) is 2.18. The molecule has 0 aromatic heterocycles. The van der Waals surface area contributed by atoms with Crippen LogP contribution in [0.3, 0.4) is 0 Å². The van der Waals surface area contributed by atoms with Crippen LogP contribution in [0, 0.1) is 5.82 Å². The zero-order valence-corrected chi connectivity index (χ0v) is 12.6. The molecule has 1 unspecified atom stereocenters. The summed E-state index contributed by atoms with van der Waals surface area (Å²) in [4.78, 5) is 13.5. The average molecular weight is 282 g/mol. The third kappa shape index (κ3) is 4.81. The summed E-state index contributed by atoms with van der Waals surface area (Å²) in [5.74, 6) is -0.216. The second kappa shape index (κ2) is 7.85. The molecule has 20 heavy (non-hydrogen) atoms. The number of carbonyl (C=O) groups excluding carboxylic acids is 1. The number of methoxy groups -OCH3 is 1. The Balaban J connectivity index is 2.55. The van der Waals surface area contributed by atoms with Crippen LogP contribution in [0.1, 0.15) is 25.8 Å². The molecule has 4 nitrogen and oxygen atoms in total. The minimum Gasteiger partial charge on any atom is -0.494 e. The second-order valence-electron chi connectivity index (χ2n) is 4.91. The Hall–Kier alpha value is -1.62. The second-order valence-corrected chi connectivity index (χ2v) is 4.91. The van der Waals surface area contributed by atoms with Crippen LogP contribution in [0.5, 0.6) is 5.75 Å². The Kier molecular flexibility index (Phi) is 6.45. The summed E-state index contributed by atoms with van der Waals surface area (Å²) in [6.45, 7) is 4.77. The number of halogens is 1. The number of amides is 1. The van der Waals surface area contributed by atoms with E-state index in [0.717, 1.165) is 12.0 Å². The van der Waals surface area contributed by atoms with Crippen LogP contribution in [0.15, 0.2) is 18.2 Å². The van der Waals surface area contributed by atoms with Crippen molar-refractivity contribution in [1.82, 2.24) is 10.2 Å². The molecule has 112 valence electrons. The minimum atomic E-state index is -0.413. The highest BCUT2D eigenvalue weighted by Gasteiger charge is 2.11. The van der Waals surface area contributed by atoms with Crippen molar-refractivity contribution in [2.24, 2.45) is 0 Å². The van der Waals surface area contributed by atoms with E-state index >= 15 is 0 Å². The van der Waals surface area contributed by atoms with Crippen LogP contribution >= 0.6 is 0 Å². The Morgan fingerprint density at radius 3 is 2.75 bits per heavy atom. The van der Waals surface area contributed by atoms with E-state index in [2.05, 4.69) is 12.2 Å². The van der Waals surface area contributed by atoms with Gasteiger partial charge in [-0.1, -0.05) is 13.0 Å². The minimum absolute atomic E-state index is 0.0125. The Labute approximate surface area is 119 Å². The fourth-order valence-corrected chi connectivity index (χ4v) is 1.71. The number of rotatable bonds is 7.